The lowest BCUT2D eigenvalue weighted by atomic mass is 9.96. The molecule has 3 atom stereocenters. The van der Waals surface area contributed by atoms with Gasteiger partial charge in [0.15, 0.2) is 0 Å². The molecule has 0 bridgehead atoms. The van der Waals surface area contributed by atoms with Crippen molar-refractivity contribution in [1.29, 1.82) is 0 Å². The first-order chi connectivity index (χ1) is 16.8. The lowest BCUT2D eigenvalue weighted by molar-refractivity contribution is -0.126. The Bertz CT molecular complexity index is 982. The van der Waals surface area contributed by atoms with Crippen LogP contribution in [0, 0.1) is 0 Å². The average molecular weight is 507 g/mol. The summed E-state index contributed by atoms with van der Waals surface area (Å²) < 4.78 is 26.3. The molecule has 2 aromatic carbocycles. The normalized spacial score (nSPS) is 17.8. The van der Waals surface area contributed by atoms with Gasteiger partial charge in [-0.15, -0.1) is 4.31 Å². The van der Waals surface area contributed by atoms with Gasteiger partial charge in [0.25, 0.3) is 0 Å². The summed E-state index contributed by atoms with van der Waals surface area (Å²) >= 11 is -1.34. The minimum Gasteiger partial charge on any atom is -0.598 e. The van der Waals surface area contributed by atoms with E-state index in [1.807, 2.05) is 6.07 Å². The number of amides is 2. The van der Waals surface area contributed by atoms with Crippen molar-refractivity contribution in [3.05, 3.63) is 48.0 Å². The highest BCUT2D eigenvalue weighted by Crippen LogP contribution is 2.31. The molecule has 1 saturated heterocycles. The Morgan fingerprint density at radius 2 is 1.86 bits per heavy atom. The van der Waals surface area contributed by atoms with Crippen LogP contribution >= 0.6 is 0 Å². The summed E-state index contributed by atoms with van der Waals surface area (Å²) in [5, 5.41) is 16.5. The van der Waals surface area contributed by atoms with E-state index in [0.29, 0.717) is 0 Å². The quantitative estimate of drug-likeness (QED) is 0.399. The van der Waals surface area contributed by atoms with Crippen LogP contribution in [-0.2, 0) is 21.0 Å². The number of halogens is 1. The fraction of sp³-hybridized carbons (Fsp3) is 0.520. The number of hydrogen-bond acceptors (Lipinski definition) is 6. The summed E-state index contributed by atoms with van der Waals surface area (Å²) in [6.45, 7) is 2.32. The van der Waals surface area contributed by atoms with Gasteiger partial charge >= 0.3 is 0 Å². The van der Waals surface area contributed by atoms with Crippen LogP contribution in [0.25, 0.3) is 10.8 Å². The van der Waals surface area contributed by atoms with Gasteiger partial charge in [-0.05, 0) is 36.1 Å². The average Bonchev–Trinajstić information content (AvgIpc) is 2.88. The SMILES string of the molecule is CC(c1cccc2ccccc12)N1CCC(N(CC(=O)NCC(=O)NCC(O)CF)[S+](C)[O-])CC1. The van der Waals surface area contributed by atoms with E-state index in [2.05, 4.69) is 58.9 Å². The van der Waals surface area contributed by atoms with Gasteiger partial charge in [0.2, 0.25) is 11.8 Å². The summed E-state index contributed by atoms with van der Waals surface area (Å²) in [6.07, 6.45) is 1.86. The van der Waals surface area contributed by atoms with E-state index in [-0.39, 0.29) is 31.7 Å². The van der Waals surface area contributed by atoms with E-state index >= 15 is 0 Å². The number of benzene rings is 2. The first kappa shape index (κ1) is 27.3. The first-order valence-corrected chi connectivity index (χ1v) is 13.4. The number of nitrogens with zero attached hydrogens (tertiary/aromatic N) is 2. The third kappa shape index (κ3) is 7.62. The maximum Gasteiger partial charge on any atom is 0.239 e. The molecular weight excluding hydrogens is 471 g/mol. The molecule has 0 spiro atoms. The number of aliphatic hydroxyl groups excluding tert-OH is 1. The maximum absolute atomic E-state index is 12.4. The maximum atomic E-state index is 12.4. The zero-order valence-electron chi connectivity index (χ0n) is 20.3. The van der Waals surface area contributed by atoms with Crippen LogP contribution in [0.15, 0.2) is 42.5 Å². The molecule has 1 aliphatic rings. The van der Waals surface area contributed by atoms with Gasteiger partial charge in [-0.25, -0.2) is 4.39 Å². The molecule has 3 unspecified atom stereocenters. The first-order valence-electron chi connectivity index (χ1n) is 11.9. The molecule has 1 fully saturated rings. The Labute approximate surface area is 209 Å². The van der Waals surface area contributed by atoms with Crippen LogP contribution in [0.3, 0.4) is 0 Å². The highest BCUT2D eigenvalue weighted by Gasteiger charge is 2.33. The van der Waals surface area contributed by atoms with Gasteiger partial charge < -0.3 is 20.3 Å². The van der Waals surface area contributed by atoms with Crippen molar-refractivity contribution in [2.24, 2.45) is 0 Å². The lowest BCUT2D eigenvalue weighted by Gasteiger charge is -2.39. The number of rotatable bonds is 11. The summed E-state index contributed by atoms with van der Waals surface area (Å²) in [5.74, 6) is -0.932. The van der Waals surface area contributed by atoms with E-state index in [1.54, 1.807) is 10.6 Å². The molecule has 192 valence electrons. The largest absolute Gasteiger partial charge is 0.598 e. The van der Waals surface area contributed by atoms with Crippen molar-refractivity contribution < 1.29 is 23.6 Å². The van der Waals surface area contributed by atoms with Crippen LogP contribution in [0.5, 0.6) is 0 Å². The van der Waals surface area contributed by atoms with Crippen molar-refractivity contribution in [3.63, 3.8) is 0 Å². The van der Waals surface area contributed by atoms with Crippen LogP contribution in [0.2, 0.25) is 0 Å². The number of alkyl halides is 1. The van der Waals surface area contributed by atoms with E-state index in [0.717, 1.165) is 25.9 Å². The Hall–Kier alpha value is -2.24. The fourth-order valence-electron chi connectivity index (χ4n) is 4.53. The zero-order valence-corrected chi connectivity index (χ0v) is 21.1. The molecule has 3 rings (SSSR count). The van der Waals surface area contributed by atoms with Crippen molar-refractivity contribution in [3.8, 4) is 0 Å². The predicted molar refractivity (Wildman–Crippen MR) is 136 cm³/mol. The monoisotopic (exact) mass is 506 g/mol. The molecule has 0 aliphatic carbocycles. The topological polar surface area (TPSA) is 108 Å². The molecule has 1 heterocycles. The smallest absolute Gasteiger partial charge is 0.239 e. The van der Waals surface area contributed by atoms with Crippen molar-refractivity contribution in [2.75, 3.05) is 45.7 Å². The Morgan fingerprint density at radius 1 is 1.17 bits per heavy atom. The minimum absolute atomic E-state index is 0.00363. The van der Waals surface area contributed by atoms with Crippen molar-refractivity contribution >= 4 is 33.9 Å². The molecule has 0 aromatic heterocycles. The van der Waals surface area contributed by atoms with Crippen LogP contribution < -0.4 is 10.6 Å². The number of carbonyl (C=O) groups is 2. The number of piperidine rings is 1. The van der Waals surface area contributed by atoms with Gasteiger partial charge in [-0.2, -0.15) is 0 Å². The lowest BCUT2D eigenvalue weighted by Crippen LogP contribution is -2.51. The second-order valence-corrected chi connectivity index (χ2v) is 10.2. The molecule has 10 heteroatoms. The number of nitrogens with one attached hydrogen (secondary N) is 2. The number of hydrogen-bond donors (Lipinski definition) is 3. The molecule has 2 aromatic rings. The van der Waals surface area contributed by atoms with Gasteiger partial charge in [-0.1, -0.05) is 42.5 Å². The van der Waals surface area contributed by atoms with Gasteiger partial charge in [0, 0.05) is 37.0 Å². The summed E-state index contributed by atoms with van der Waals surface area (Å²) in [4.78, 5) is 26.6. The second-order valence-electron chi connectivity index (χ2n) is 8.90. The summed E-state index contributed by atoms with van der Waals surface area (Å²) in [6, 6.07) is 15.0. The highest BCUT2D eigenvalue weighted by atomic mass is 32.2. The molecule has 0 radical (unpaired) electrons. The third-order valence-corrected chi connectivity index (χ3v) is 7.60. The molecule has 2 amide bonds. The molecule has 8 nitrogen and oxygen atoms in total. The molecule has 3 N–H and O–H groups in total. The standard InChI is InChI=1S/C25H35FN4O4S/c1-18(22-9-5-7-19-6-3-4-8-23(19)22)29-12-10-20(11-13-29)30(35(2)34)17-25(33)28-16-24(32)27-15-21(31)14-26/h3-9,18,20-21,31H,10-17H2,1-2H3,(H,27,32)(H,28,33). The van der Waals surface area contributed by atoms with E-state index in [9.17, 15) is 18.5 Å². The molecule has 0 saturated carbocycles. The minimum atomic E-state index is -1.34. The Morgan fingerprint density at radius 3 is 2.54 bits per heavy atom. The van der Waals surface area contributed by atoms with Gasteiger partial charge in [-0.3, -0.25) is 14.5 Å². The second kappa shape index (κ2) is 13.2. The predicted octanol–water partition coefficient (Wildman–Crippen LogP) is 1.52. The third-order valence-electron chi connectivity index (χ3n) is 6.52. The zero-order chi connectivity index (χ0) is 25.4. The molecule has 1 aliphatic heterocycles. The van der Waals surface area contributed by atoms with E-state index in [4.69, 9.17) is 5.11 Å². The number of fused-ring (bicyclic) bond motifs is 1. The highest BCUT2D eigenvalue weighted by molar-refractivity contribution is 7.88. The van der Waals surface area contributed by atoms with Crippen LogP contribution in [-0.4, -0.2) is 88.5 Å². The Kier molecular flexibility index (Phi) is 10.3. The van der Waals surface area contributed by atoms with Crippen molar-refractivity contribution in [1.82, 2.24) is 19.8 Å². The van der Waals surface area contributed by atoms with E-state index in [1.165, 1.54) is 16.3 Å². The molecular formula is C25H35FN4O4S. The van der Waals surface area contributed by atoms with Crippen LogP contribution in [0.4, 0.5) is 4.39 Å². The molecule has 35 heavy (non-hydrogen) atoms. The fourth-order valence-corrected chi connectivity index (χ4v) is 5.46. The van der Waals surface area contributed by atoms with E-state index < -0.39 is 36.0 Å². The van der Waals surface area contributed by atoms with Gasteiger partial charge in [0.1, 0.15) is 19.5 Å². The van der Waals surface area contributed by atoms with Crippen molar-refractivity contribution in [2.45, 2.75) is 38.0 Å². The summed E-state index contributed by atoms with van der Waals surface area (Å²) in [5.41, 5.74) is 1.29. The van der Waals surface area contributed by atoms with Gasteiger partial charge in [0.05, 0.1) is 18.7 Å². The Balaban J connectivity index is 1.51. The summed E-state index contributed by atoms with van der Waals surface area (Å²) in [7, 11) is 0. The van der Waals surface area contributed by atoms with Crippen LogP contribution in [0.1, 0.15) is 31.4 Å². The number of carbonyl (C=O) groups excluding carboxylic acids is 2. The number of aliphatic hydroxyl groups is 1. The number of likely N-dealkylation sites (tertiary alicyclic amines) is 1.